The zero-order chi connectivity index (χ0) is 16.8. The van der Waals surface area contributed by atoms with Crippen molar-refractivity contribution in [2.75, 3.05) is 20.3 Å². The number of carboxylic acids is 1. The summed E-state index contributed by atoms with van der Waals surface area (Å²) in [5.74, 6) is -0.812. The van der Waals surface area contributed by atoms with Crippen LogP contribution in [0.5, 0.6) is 5.75 Å². The monoisotopic (exact) mass is 331 g/mol. The number of rotatable bonds is 9. The summed E-state index contributed by atoms with van der Waals surface area (Å²) in [6.07, 6.45) is -0.191. The topological polar surface area (TPSA) is 108 Å². The van der Waals surface area contributed by atoms with E-state index in [1.54, 1.807) is 38.1 Å². The number of carbonyl (C=O) groups is 1. The molecule has 3 N–H and O–H groups in total. The van der Waals surface area contributed by atoms with Crippen molar-refractivity contribution >= 4 is 13.6 Å². The molecule has 0 saturated heterocycles. The first-order chi connectivity index (χ1) is 10.3. The van der Waals surface area contributed by atoms with E-state index in [4.69, 9.17) is 19.5 Å². The van der Waals surface area contributed by atoms with Crippen LogP contribution in [0.15, 0.2) is 24.3 Å². The molecule has 0 aliphatic heterocycles. The van der Waals surface area contributed by atoms with Gasteiger partial charge in [0.1, 0.15) is 5.75 Å². The minimum Gasteiger partial charge on any atom is -0.497 e. The molecular formula is C14H22NO6P. The maximum absolute atomic E-state index is 12.8. The van der Waals surface area contributed by atoms with Crippen LogP contribution in [-0.2, 0) is 24.8 Å². The van der Waals surface area contributed by atoms with Gasteiger partial charge < -0.3 is 24.6 Å². The normalized spacial score (nSPS) is 14.4. The Kier molecular flexibility index (Phi) is 6.56. The molecule has 0 amide bonds. The van der Waals surface area contributed by atoms with Crippen LogP contribution in [0.1, 0.15) is 19.4 Å². The molecule has 1 rings (SSSR count). The highest BCUT2D eigenvalue weighted by Crippen LogP contribution is 2.58. The van der Waals surface area contributed by atoms with E-state index in [1.165, 1.54) is 7.11 Å². The molecule has 1 atom stereocenters. The molecule has 0 aliphatic carbocycles. The third-order valence-electron chi connectivity index (χ3n) is 3.09. The van der Waals surface area contributed by atoms with Crippen molar-refractivity contribution in [3.05, 3.63) is 29.8 Å². The number of benzene rings is 1. The Hall–Kier alpha value is -1.40. The molecule has 7 nitrogen and oxygen atoms in total. The summed E-state index contributed by atoms with van der Waals surface area (Å²) in [6, 6.07) is 6.66. The van der Waals surface area contributed by atoms with Crippen LogP contribution >= 0.6 is 7.60 Å². The van der Waals surface area contributed by atoms with Crippen LogP contribution in [0.4, 0.5) is 0 Å². The zero-order valence-electron chi connectivity index (χ0n) is 12.9. The third kappa shape index (κ3) is 3.87. The molecule has 0 radical (unpaired) electrons. The Bertz CT molecular complexity index is 537. The Morgan fingerprint density at radius 2 is 1.73 bits per heavy atom. The maximum atomic E-state index is 12.8. The van der Waals surface area contributed by atoms with Gasteiger partial charge in [0.15, 0.2) is 0 Å². The smallest absolute Gasteiger partial charge is 0.362 e. The largest absolute Gasteiger partial charge is 0.497 e. The highest BCUT2D eigenvalue weighted by molar-refractivity contribution is 7.56. The molecule has 0 aliphatic rings. The van der Waals surface area contributed by atoms with Crippen molar-refractivity contribution in [2.45, 2.75) is 25.5 Å². The van der Waals surface area contributed by atoms with Crippen molar-refractivity contribution in [1.82, 2.24) is 0 Å². The van der Waals surface area contributed by atoms with Crippen LogP contribution in [0.3, 0.4) is 0 Å². The van der Waals surface area contributed by atoms with E-state index in [-0.39, 0.29) is 19.6 Å². The van der Waals surface area contributed by atoms with Gasteiger partial charge in [-0.05, 0) is 31.5 Å². The van der Waals surface area contributed by atoms with Gasteiger partial charge in [0.05, 0.1) is 20.3 Å². The first-order valence-electron chi connectivity index (χ1n) is 6.87. The van der Waals surface area contributed by atoms with Gasteiger partial charge in [0.25, 0.3) is 0 Å². The quantitative estimate of drug-likeness (QED) is 0.668. The van der Waals surface area contributed by atoms with E-state index in [1.807, 2.05) is 0 Å². The van der Waals surface area contributed by atoms with Gasteiger partial charge >= 0.3 is 13.6 Å². The van der Waals surface area contributed by atoms with Crippen LogP contribution in [0.2, 0.25) is 0 Å². The number of methoxy groups -OCH3 is 1. The fraction of sp³-hybridized carbons (Fsp3) is 0.500. The number of ether oxygens (including phenoxy) is 1. The summed E-state index contributed by atoms with van der Waals surface area (Å²) in [4.78, 5) is 11.7. The fourth-order valence-corrected chi connectivity index (χ4v) is 3.78. The van der Waals surface area contributed by atoms with Crippen molar-refractivity contribution in [1.29, 1.82) is 0 Å². The lowest BCUT2D eigenvalue weighted by atomic mass is 10.1. The average molecular weight is 331 g/mol. The second-order valence-corrected chi connectivity index (χ2v) is 6.90. The number of carboxylic acid groups (broad SMARTS) is 1. The minimum absolute atomic E-state index is 0.0338. The average Bonchev–Trinajstić information content (AvgIpc) is 2.48. The van der Waals surface area contributed by atoms with Crippen LogP contribution in [0.25, 0.3) is 0 Å². The Morgan fingerprint density at radius 3 is 2.09 bits per heavy atom. The Morgan fingerprint density at radius 1 is 1.23 bits per heavy atom. The second-order valence-electron chi connectivity index (χ2n) is 4.59. The molecule has 0 saturated carbocycles. The van der Waals surface area contributed by atoms with Crippen molar-refractivity contribution < 1.29 is 28.3 Å². The lowest BCUT2D eigenvalue weighted by Crippen LogP contribution is -2.50. The molecule has 0 fully saturated rings. The van der Waals surface area contributed by atoms with E-state index in [0.29, 0.717) is 11.3 Å². The molecule has 0 spiro atoms. The van der Waals surface area contributed by atoms with E-state index < -0.39 is 18.8 Å². The summed E-state index contributed by atoms with van der Waals surface area (Å²) in [5, 5.41) is 7.34. The molecule has 22 heavy (non-hydrogen) atoms. The molecule has 0 bridgehead atoms. The van der Waals surface area contributed by atoms with Crippen molar-refractivity contribution in [3.63, 3.8) is 0 Å². The van der Waals surface area contributed by atoms with Gasteiger partial charge in [0.2, 0.25) is 5.28 Å². The summed E-state index contributed by atoms with van der Waals surface area (Å²) in [5.41, 5.74) is 6.54. The first-order valence-corrected chi connectivity index (χ1v) is 8.41. The molecule has 8 heteroatoms. The number of hydrogen-bond donors (Lipinski definition) is 2. The van der Waals surface area contributed by atoms with Gasteiger partial charge in [-0.3, -0.25) is 4.57 Å². The van der Waals surface area contributed by atoms with Crippen LogP contribution in [-0.4, -0.2) is 36.7 Å². The highest BCUT2D eigenvalue weighted by atomic mass is 31.2. The highest BCUT2D eigenvalue weighted by Gasteiger charge is 2.54. The predicted molar refractivity (Wildman–Crippen MR) is 82.1 cm³/mol. The molecule has 1 aromatic carbocycles. The fourth-order valence-electron chi connectivity index (χ4n) is 1.95. The maximum Gasteiger partial charge on any atom is 0.362 e. The van der Waals surface area contributed by atoms with Crippen molar-refractivity contribution in [3.8, 4) is 5.75 Å². The summed E-state index contributed by atoms with van der Waals surface area (Å²) in [6.45, 7) is 3.26. The molecule has 0 aromatic heterocycles. The van der Waals surface area contributed by atoms with Gasteiger partial charge in [-0.2, -0.15) is 0 Å². The van der Waals surface area contributed by atoms with Gasteiger partial charge in [-0.25, -0.2) is 4.79 Å². The number of hydrogen-bond acceptors (Lipinski definition) is 6. The molecule has 124 valence electrons. The number of aliphatic carboxylic acids is 1. The van der Waals surface area contributed by atoms with Crippen molar-refractivity contribution in [2.24, 2.45) is 5.73 Å². The van der Waals surface area contributed by atoms with Gasteiger partial charge in [-0.15, -0.1) is 0 Å². The molecule has 1 aromatic rings. The van der Waals surface area contributed by atoms with Crippen LogP contribution < -0.4 is 10.5 Å². The van der Waals surface area contributed by atoms with E-state index in [0.717, 1.165) is 0 Å². The standard InChI is InChI=1S/C14H22NO6P/c1-4-20-22(18,21-5-2)14(15,13(16)17)10-11-6-8-12(19-3)9-7-11/h6-9H,4-5,10,15H2,1-3H3,(H,16,17). The lowest BCUT2D eigenvalue weighted by Gasteiger charge is -2.32. The number of nitrogens with two attached hydrogens (primary N) is 1. The van der Waals surface area contributed by atoms with Crippen LogP contribution in [0, 0.1) is 0 Å². The summed E-state index contributed by atoms with van der Waals surface area (Å²) in [7, 11) is -2.51. The molecule has 1 unspecified atom stereocenters. The first kappa shape index (κ1) is 18.6. The predicted octanol–water partition coefficient (Wildman–Crippen LogP) is 2.24. The molecule has 0 heterocycles. The Balaban J connectivity index is 3.17. The minimum atomic E-state index is -4.03. The van der Waals surface area contributed by atoms with E-state index in [2.05, 4.69) is 0 Å². The Labute approximate surface area is 129 Å². The molecular weight excluding hydrogens is 309 g/mol. The third-order valence-corrected chi connectivity index (χ3v) is 5.61. The lowest BCUT2D eigenvalue weighted by molar-refractivity contribution is -0.140. The zero-order valence-corrected chi connectivity index (χ0v) is 13.8. The van der Waals surface area contributed by atoms with Gasteiger partial charge in [0, 0.05) is 6.42 Å². The SMILES string of the molecule is CCOP(=O)(OCC)C(N)(Cc1ccc(OC)cc1)C(=O)O. The van der Waals surface area contributed by atoms with E-state index >= 15 is 0 Å². The van der Waals surface area contributed by atoms with Gasteiger partial charge in [-0.1, -0.05) is 12.1 Å². The second kappa shape index (κ2) is 7.74. The summed E-state index contributed by atoms with van der Waals surface area (Å²) >= 11 is 0. The van der Waals surface area contributed by atoms with E-state index in [9.17, 15) is 14.5 Å². The summed E-state index contributed by atoms with van der Waals surface area (Å²) < 4.78 is 28.1.